The predicted octanol–water partition coefficient (Wildman–Crippen LogP) is 4.72. The Morgan fingerprint density at radius 2 is 1.84 bits per heavy atom. The van der Waals surface area contributed by atoms with Gasteiger partial charge in [0.05, 0.1) is 12.3 Å². The minimum atomic E-state index is -0.441. The molecule has 0 aromatic heterocycles. The standard InChI is InChI=1S/C20H25ClN2O2/c1-20(2,3)25-19(24)23-10-8-14(9-11-23)16-12-18(22-13-16)15-4-6-17(21)7-5-15/h4-7,12,14H,8-11,13H2,1-3H3. The molecule has 0 spiro atoms. The number of halogens is 1. The first-order valence-electron chi connectivity index (χ1n) is 8.80. The molecule has 1 aromatic rings. The fourth-order valence-corrected chi connectivity index (χ4v) is 3.37. The van der Waals surface area contributed by atoms with Gasteiger partial charge in [-0.1, -0.05) is 23.7 Å². The van der Waals surface area contributed by atoms with Gasteiger partial charge in [0, 0.05) is 18.1 Å². The Morgan fingerprint density at radius 1 is 1.20 bits per heavy atom. The molecule has 0 radical (unpaired) electrons. The third-order valence-corrected chi connectivity index (χ3v) is 4.82. The summed E-state index contributed by atoms with van der Waals surface area (Å²) in [6.07, 6.45) is 3.93. The van der Waals surface area contributed by atoms with Crippen molar-refractivity contribution in [2.24, 2.45) is 10.9 Å². The number of aliphatic imine (C=N–C) groups is 1. The summed E-state index contributed by atoms with van der Waals surface area (Å²) in [6, 6.07) is 7.80. The van der Waals surface area contributed by atoms with Crippen LogP contribution in [0.5, 0.6) is 0 Å². The summed E-state index contributed by atoms with van der Waals surface area (Å²) in [6.45, 7) is 7.94. The van der Waals surface area contributed by atoms with E-state index in [2.05, 4.69) is 11.1 Å². The van der Waals surface area contributed by atoms with E-state index in [0.717, 1.165) is 48.8 Å². The molecule has 2 aliphatic heterocycles. The van der Waals surface area contributed by atoms with Gasteiger partial charge in [0.15, 0.2) is 0 Å². The average molecular weight is 361 g/mol. The van der Waals surface area contributed by atoms with E-state index in [1.165, 1.54) is 5.57 Å². The number of likely N-dealkylation sites (tertiary alicyclic amines) is 1. The monoisotopic (exact) mass is 360 g/mol. The van der Waals surface area contributed by atoms with E-state index >= 15 is 0 Å². The number of allylic oxidation sites excluding steroid dienone is 1. The van der Waals surface area contributed by atoms with Gasteiger partial charge in [0.25, 0.3) is 0 Å². The smallest absolute Gasteiger partial charge is 0.410 e. The predicted molar refractivity (Wildman–Crippen MR) is 101 cm³/mol. The van der Waals surface area contributed by atoms with Gasteiger partial charge < -0.3 is 9.64 Å². The van der Waals surface area contributed by atoms with Crippen LogP contribution in [0.2, 0.25) is 5.02 Å². The van der Waals surface area contributed by atoms with Crippen molar-refractivity contribution < 1.29 is 9.53 Å². The number of nitrogens with zero attached hydrogens (tertiary/aromatic N) is 2. The first-order chi connectivity index (χ1) is 11.8. The second kappa shape index (κ2) is 7.20. The molecule has 2 heterocycles. The van der Waals surface area contributed by atoms with Gasteiger partial charge in [-0.25, -0.2) is 4.79 Å². The Kier molecular flexibility index (Phi) is 5.19. The Hall–Kier alpha value is -1.81. The van der Waals surface area contributed by atoms with Crippen LogP contribution in [-0.2, 0) is 4.74 Å². The molecule has 0 atom stereocenters. The van der Waals surface area contributed by atoms with Gasteiger partial charge in [-0.15, -0.1) is 0 Å². The van der Waals surface area contributed by atoms with Crippen molar-refractivity contribution in [3.8, 4) is 0 Å². The van der Waals surface area contributed by atoms with Crippen LogP contribution in [0.4, 0.5) is 4.79 Å². The summed E-state index contributed by atoms with van der Waals surface area (Å²) >= 11 is 5.95. The minimum Gasteiger partial charge on any atom is -0.444 e. The Balaban J connectivity index is 1.56. The average Bonchev–Trinajstić information content (AvgIpc) is 3.04. The summed E-state index contributed by atoms with van der Waals surface area (Å²) < 4.78 is 5.46. The fourth-order valence-electron chi connectivity index (χ4n) is 3.24. The van der Waals surface area contributed by atoms with Crippen molar-refractivity contribution in [1.29, 1.82) is 0 Å². The van der Waals surface area contributed by atoms with Crippen molar-refractivity contribution in [2.45, 2.75) is 39.2 Å². The number of hydrogen-bond donors (Lipinski definition) is 0. The second-order valence-corrected chi connectivity index (χ2v) is 8.11. The lowest BCUT2D eigenvalue weighted by atomic mass is 9.89. The van der Waals surface area contributed by atoms with Crippen molar-refractivity contribution in [2.75, 3.05) is 19.6 Å². The van der Waals surface area contributed by atoms with Crippen LogP contribution in [0.25, 0.3) is 0 Å². The highest BCUT2D eigenvalue weighted by molar-refractivity contribution is 6.30. The van der Waals surface area contributed by atoms with Crippen molar-refractivity contribution in [1.82, 2.24) is 4.90 Å². The molecule has 0 aliphatic carbocycles. The molecule has 0 N–H and O–H groups in total. The van der Waals surface area contributed by atoms with Gasteiger partial charge in [-0.2, -0.15) is 0 Å². The summed E-state index contributed by atoms with van der Waals surface area (Å²) in [7, 11) is 0. The Morgan fingerprint density at radius 3 is 2.44 bits per heavy atom. The van der Waals surface area contributed by atoms with E-state index in [9.17, 15) is 4.79 Å². The lowest BCUT2D eigenvalue weighted by Gasteiger charge is -2.33. The van der Waals surface area contributed by atoms with Gasteiger partial charge in [0.1, 0.15) is 5.60 Å². The molecule has 0 saturated carbocycles. The lowest BCUT2D eigenvalue weighted by Crippen LogP contribution is -2.42. The zero-order chi connectivity index (χ0) is 18.0. The third-order valence-electron chi connectivity index (χ3n) is 4.57. The number of rotatable bonds is 2. The molecular formula is C20H25ClN2O2. The molecule has 0 unspecified atom stereocenters. The number of ether oxygens (including phenoxy) is 1. The summed E-state index contributed by atoms with van der Waals surface area (Å²) in [4.78, 5) is 18.7. The third kappa shape index (κ3) is 4.63. The van der Waals surface area contributed by atoms with Gasteiger partial charge >= 0.3 is 6.09 Å². The van der Waals surface area contributed by atoms with Gasteiger partial charge in [-0.3, -0.25) is 4.99 Å². The second-order valence-electron chi connectivity index (χ2n) is 7.67. The molecule has 1 amide bonds. The molecule has 2 aliphatic rings. The van der Waals surface area contributed by atoms with Crippen LogP contribution in [-0.4, -0.2) is 41.9 Å². The van der Waals surface area contributed by atoms with Crippen LogP contribution >= 0.6 is 11.6 Å². The molecule has 3 rings (SSSR count). The summed E-state index contributed by atoms with van der Waals surface area (Å²) in [5.74, 6) is 0.493. The van der Waals surface area contributed by atoms with Gasteiger partial charge in [0.2, 0.25) is 0 Å². The largest absolute Gasteiger partial charge is 0.444 e. The number of benzene rings is 1. The Bertz CT molecular complexity index is 693. The lowest BCUT2D eigenvalue weighted by molar-refractivity contribution is 0.0194. The maximum Gasteiger partial charge on any atom is 0.410 e. The molecule has 25 heavy (non-hydrogen) atoms. The maximum absolute atomic E-state index is 12.2. The van der Waals surface area contributed by atoms with Crippen LogP contribution < -0.4 is 0 Å². The fraction of sp³-hybridized carbons (Fsp3) is 0.500. The zero-order valence-electron chi connectivity index (χ0n) is 15.1. The molecule has 0 bridgehead atoms. The maximum atomic E-state index is 12.2. The van der Waals surface area contributed by atoms with Crippen LogP contribution in [0, 0.1) is 5.92 Å². The highest BCUT2D eigenvalue weighted by Gasteiger charge is 2.29. The van der Waals surface area contributed by atoms with E-state index in [4.69, 9.17) is 16.3 Å². The number of carbonyl (C=O) groups excluding carboxylic acids is 1. The quantitative estimate of drug-likeness (QED) is 0.766. The van der Waals surface area contributed by atoms with Crippen LogP contribution in [0.15, 0.2) is 40.9 Å². The number of hydrogen-bond acceptors (Lipinski definition) is 3. The highest BCUT2D eigenvalue weighted by Crippen LogP contribution is 2.29. The van der Waals surface area contributed by atoms with Crippen molar-refractivity contribution in [3.05, 3.63) is 46.5 Å². The van der Waals surface area contributed by atoms with Crippen LogP contribution in [0.1, 0.15) is 39.2 Å². The number of carbonyl (C=O) groups is 1. The molecule has 1 fully saturated rings. The molecule has 1 saturated heterocycles. The van der Waals surface area contributed by atoms with Gasteiger partial charge in [-0.05, 0) is 68.9 Å². The number of amides is 1. The molecule has 1 aromatic carbocycles. The minimum absolute atomic E-state index is 0.204. The molecular weight excluding hydrogens is 336 g/mol. The van der Waals surface area contributed by atoms with E-state index in [0.29, 0.717) is 5.92 Å². The number of piperidine rings is 1. The van der Waals surface area contributed by atoms with Crippen molar-refractivity contribution in [3.63, 3.8) is 0 Å². The zero-order valence-corrected chi connectivity index (χ0v) is 15.8. The SMILES string of the molecule is CC(C)(C)OC(=O)N1CCC(C2=CC(c3ccc(Cl)cc3)=NC2)CC1. The van der Waals surface area contributed by atoms with E-state index < -0.39 is 5.60 Å². The molecule has 4 nitrogen and oxygen atoms in total. The molecule has 5 heteroatoms. The highest BCUT2D eigenvalue weighted by atomic mass is 35.5. The van der Waals surface area contributed by atoms with Crippen LogP contribution in [0.3, 0.4) is 0 Å². The first-order valence-corrected chi connectivity index (χ1v) is 9.18. The Labute approximate surface area is 154 Å². The van der Waals surface area contributed by atoms with E-state index in [-0.39, 0.29) is 6.09 Å². The topological polar surface area (TPSA) is 41.9 Å². The van der Waals surface area contributed by atoms with E-state index in [1.807, 2.05) is 49.9 Å². The summed E-state index contributed by atoms with van der Waals surface area (Å²) in [5, 5.41) is 0.737. The van der Waals surface area contributed by atoms with Crippen molar-refractivity contribution >= 4 is 23.4 Å². The first kappa shape index (κ1) is 18.0. The summed E-state index contributed by atoms with van der Waals surface area (Å²) in [5.41, 5.74) is 3.06. The van der Waals surface area contributed by atoms with E-state index in [1.54, 1.807) is 0 Å². The molecule has 134 valence electrons. The normalized spacial score (nSPS) is 18.8.